The molecule has 0 fully saturated rings. The minimum atomic E-state index is -4.93. The summed E-state index contributed by atoms with van der Waals surface area (Å²) in [6.45, 7) is 0.242. The van der Waals surface area contributed by atoms with Gasteiger partial charge in [0, 0.05) is 12.1 Å². The Balaban J connectivity index is 2.05. The summed E-state index contributed by atoms with van der Waals surface area (Å²) in [5.41, 5.74) is -2.18. The molecular weight excluding hydrogens is 404 g/mol. The molecule has 0 aliphatic carbocycles. The number of nitrogens with one attached hydrogen (secondary N) is 1. The number of H-pyrrole nitrogens is 1. The fourth-order valence-electron chi connectivity index (χ4n) is 2.72. The number of benzene rings is 2. The zero-order valence-corrected chi connectivity index (χ0v) is 14.9. The highest BCUT2D eigenvalue weighted by Crippen LogP contribution is 2.38. The molecular formula is C18H13F6N3S. The minimum Gasteiger partial charge on any atom is -0.300 e. The van der Waals surface area contributed by atoms with Gasteiger partial charge >= 0.3 is 12.4 Å². The maximum Gasteiger partial charge on any atom is 0.416 e. The van der Waals surface area contributed by atoms with Gasteiger partial charge in [0.2, 0.25) is 0 Å². The van der Waals surface area contributed by atoms with Crippen LogP contribution in [0, 0.1) is 4.77 Å². The minimum absolute atomic E-state index is 0.0824. The van der Waals surface area contributed by atoms with Crippen molar-refractivity contribution in [2.75, 3.05) is 0 Å². The molecule has 148 valence electrons. The third-order valence-electron chi connectivity index (χ3n) is 4.07. The van der Waals surface area contributed by atoms with E-state index < -0.39 is 23.5 Å². The molecule has 0 unspecified atom stereocenters. The molecule has 0 saturated carbocycles. The summed E-state index contributed by atoms with van der Waals surface area (Å²) in [5, 5.41) is 6.30. The Hall–Kier alpha value is -2.62. The Bertz CT molecular complexity index is 986. The van der Waals surface area contributed by atoms with E-state index in [9.17, 15) is 26.3 Å². The molecule has 3 nitrogen and oxygen atoms in total. The summed E-state index contributed by atoms with van der Waals surface area (Å²) in [7, 11) is 0. The van der Waals surface area contributed by atoms with Gasteiger partial charge in [-0.2, -0.15) is 31.4 Å². The molecule has 0 radical (unpaired) electrons. The first-order valence-electron chi connectivity index (χ1n) is 8.04. The number of hydrogen-bond donors (Lipinski definition) is 1. The van der Waals surface area contributed by atoms with Crippen molar-refractivity contribution in [2.24, 2.45) is 0 Å². The highest BCUT2D eigenvalue weighted by molar-refractivity contribution is 7.71. The Kier molecular flexibility index (Phi) is 5.33. The predicted molar refractivity (Wildman–Crippen MR) is 93.0 cm³/mol. The van der Waals surface area contributed by atoms with Crippen LogP contribution in [0.25, 0.3) is 11.4 Å². The van der Waals surface area contributed by atoms with Crippen LogP contribution in [0.2, 0.25) is 0 Å². The average molecular weight is 417 g/mol. The van der Waals surface area contributed by atoms with Crippen molar-refractivity contribution in [3.63, 3.8) is 0 Å². The Morgan fingerprint density at radius 2 is 1.46 bits per heavy atom. The van der Waals surface area contributed by atoms with Gasteiger partial charge in [0.25, 0.3) is 0 Å². The summed E-state index contributed by atoms with van der Waals surface area (Å²) in [5.74, 6) is -0.0856. The zero-order chi connectivity index (χ0) is 20.5. The summed E-state index contributed by atoms with van der Waals surface area (Å²) in [6, 6.07) is 10.6. The average Bonchev–Trinajstić information content (AvgIpc) is 2.99. The lowest BCUT2D eigenvalue weighted by Gasteiger charge is -2.14. The molecule has 0 bridgehead atoms. The van der Waals surface area contributed by atoms with E-state index in [1.54, 1.807) is 0 Å². The standard InChI is InChI=1S/C18H13F6N3S/c19-17(20,21)13-8-12(9-14(10-13)18(22,23)24)15-25-26-16(28)27(15)7-6-11-4-2-1-3-5-11/h1-5,8-10H,6-7H2,(H,26,28). The lowest BCUT2D eigenvalue weighted by molar-refractivity contribution is -0.143. The van der Waals surface area contributed by atoms with Gasteiger partial charge in [-0.1, -0.05) is 30.3 Å². The number of nitrogens with zero attached hydrogens (tertiary/aromatic N) is 2. The van der Waals surface area contributed by atoms with Crippen molar-refractivity contribution in [2.45, 2.75) is 25.3 Å². The first kappa shape index (κ1) is 20.1. The quantitative estimate of drug-likeness (QED) is 0.424. The van der Waals surface area contributed by atoms with E-state index in [0.717, 1.165) is 5.56 Å². The predicted octanol–water partition coefficient (Wildman–Crippen LogP) is 5.89. The van der Waals surface area contributed by atoms with Gasteiger partial charge in [-0.3, -0.25) is 9.67 Å². The number of halogens is 6. The Labute approximate surface area is 160 Å². The first-order chi connectivity index (χ1) is 13.1. The highest BCUT2D eigenvalue weighted by Gasteiger charge is 2.37. The van der Waals surface area contributed by atoms with Crippen molar-refractivity contribution >= 4 is 12.2 Å². The normalized spacial score (nSPS) is 12.4. The number of aromatic nitrogens is 3. The second kappa shape index (κ2) is 7.42. The maximum atomic E-state index is 13.1. The molecule has 0 saturated heterocycles. The molecule has 0 aliphatic rings. The van der Waals surface area contributed by atoms with Crippen molar-refractivity contribution in [1.82, 2.24) is 14.8 Å². The molecule has 0 atom stereocenters. The van der Waals surface area contributed by atoms with Crippen LogP contribution in [-0.2, 0) is 25.3 Å². The number of aryl methyl sites for hydroxylation is 1. The summed E-state index contributed by atoms with van der Waals surface area (Å²) in [4.78, 5) is 0. The van der Waals surface area contributed by atoms with Crippen molar-refractivity contribution < 1.29 is 26.3 Å². The number of hydrogen-bond acceptors (Lipinski definition) is 2. The largest absolute Gasteiger partial charge is 0.416 e. The van der Waals surface area contributed by atoms with Crippen molar-refractivity contribution in [3.8, 4) is 11.4 Å². The fourth-order valence-corrected chi connectivity index (χ4v) is 2.94. The topological polar surface area (TPSA) is 33.6 Å². The van der Waals surface area contributed by atoms with E-state index in [2.05, 4.69) is 10.2 Å². The summed E-state index contributed by atoms with van der Waals surface area (Å²) >= 11 is 5.10. The number of rotatable bonds is 4. The Morgan fingerprint density at radius 3 is 2.00 bits per heavy atom. The van der Waals surface area contributed by atoms with Crippen molar-refractivity contribution in [3.05, 3.63) is 70.0 Å². The van der Waals surface area contributed by atoms with Crippen LogP contribution in [0.3, 0.4) is 0 Å². The van der Waals surface area contributed by atoms with Crippen LogP contribution in [-0.4, -0.2) is 14.8 Å². The maximum absolute atomic E-state index is 13.1. The van der Waals surface area contributed by atoms with E-state index in [1.165, 1.54) is 4.57 Å². The lowest BCUT2D eigenvalue weighted by atomic mass is 10.0. The third kappa shape index (κ3) is 4.44. The van der Waals surface area contributed by atoms with Crippen LogP contribution < -0.4 is 0 Å². The van der Waals surface area contributed by atoms with Crippen LogP contribution >= 0.6 is 12.2 Å². The van der Waals surface area contributed by atoms with Crippen LogP contribution in [0.1, 0.15) is 16.7 Å². The summed E-state index contributed by atoms with van der Waals surface area (Å²) < 4.78 is 80.1. The second-order valence-electron chi connectivity index (χ2n) is 6.03. The van der Waals surface area contributed by atoms with Gasteiger partial charge in [0.05, 0.1) is 11.1 Å². The van der Waals surface area contributed by atoms with E-state index in [0.29, 0.717) is 18.6 Å². The molecule has 3 rings (SSSR count). The van der Waals surface area contributed by atoms with Gasteiger partial charge < -0.3 is 0 Å². The second-order valence-corrected chi connectivity index (χ2v) is 6.42. The molecule has 1 N–H and O–H groups in total. The smallest absolute Gasteiger partial charge is 0.300 e. The number of alkyl halides is 6. The van der Waals surface area contributed by atoms with Gasteiger partial charge in [-0.05, 0) is 42.4 Å². The lowest BCUT2D eigenvalue weighted by Crippen LogP contribution is -2.12. The Morgan fingerprint density at radius 1 is 0.893 bits per heavy atom. The summed E-state index contributed by atoms with van der Waals surface area (Å²) in [6.07, 6.45) is -9.39. The van der Waals surface area contributed by atoms with Crippen LogP contribution in [0.4, 0.5) is 26.3 Å². The van der Waals surface area contributed by atoms with Gasteiger partial charge in [-0.25, -0.2) is 0 Å². The highest BCUT2D eigenvalue weighted by atomic mass is 32.1. The molecule has 28 heavy (non-hydrogen) atoms. The molecule has 0 amide bonds. The van der Waals surface area contributed by atoms with E-state index in [4.69, 9.17) is 12.2 Å². The van der Waals surface area contributed by atoms with Crippen LogP contribution in [0.5, 0.6) is 0 Å². The monoisotopic (exact) mass is 417 g/mol. The van der Waals surface area contributed by atoms with E-state index in [-0.39, 0.29) is 28.8 Å². The van der Waals surface area contributed by atoms with E-state index >= 15 is 0 Å². The SMILES string of the molecule is FC(F)(F)c1cc(-c2n[nH]c(=S)n2CCc2ccccc2)cc(C(F)(F)F)c1. The van der Waals surface area contributed by atoms with E-state index in [1.807, 2.05) is 30.3 Å². The molecule has 0 spiro atoms. The molecule has 1 aromatic heterocycles. The van der Waals surface area contributed by atoms with Gasteiger partial charge in [0.1, 0.15) is 0 Å². The van der Waals surface area contributed by atoms with Crippen molar-refractivity contribution in [1.29, 1.82) is 0 Å². The molecule has 2 aromatic carbocycles. The molecule has 3 aromatic rings. The molecule has 1 heterocycles. The molecule has 0 aliphatic heterocycles. The van der Waals surface area contributed by atoms with Gasteiger partial charge in [0.15, 0.2) is 10.6 Å². The fraction of sp³-hybridized carbons (Fsp3) is 0.222. The zero-order valence-electron chi connectivity index (χ0n) is 14.1. The third-order valence-corrected chi connectivity index (χ3v) is 4.38. The van der Waals surface area contributed by atoms with Gasteiger partial charge in [-0.15, -0.1) is 0 Å². The number of aromatic amines is 1. The van der Waals surface area contributed by atoms with Crippen LogP contribution in [0.15, 0.2) is 48.5 Å². The first-order valence-corrected chi connectivity index (χ1v) is 8.45. The molecule has 10 heteroatoms.